The molecule has 0 aliphatic heterocycles. The molecule has 0 fully saturated rings. The fraction of sp³-hybridized carbons (Fsp3) is 0.273. The van der Waals surface area contributed by atoms with Crippen LogP contribution in [0.4, 0.5) is 5.69 Å². The van der Waals surface area contributed by atoms with E-state index in [9.17, 15) is 4.79 Å². The van der Waals surface area contributed by atoms with Crippen molar-refractivity contribution in [2.45, 2.75) is 27.2 Å². The number of allylic oxidation sites excluding steroid dienone is 4. The monoisotopic (exact) mass is 382 g/mol. The van der Waals surface area contributed by atoms with E-state index in [1.807, 2.05) is 43.4 Å². The summed E-state index contributed by atoms with van der Waals surface area (Å²) in [5.41, 5.74) is 2.44. The van der Waals surface area contributed by atoms with Crippen molar-refractivity contribution >= 4 is 33.9 Å². The van der Waals surface area contributed by atoms with Crippen LogP contribution in [-0.4, -0.2) is 18.1 Å². The van der Waals surface area contributed by atoms with E-state index in [1.165, 1.54) is 0 Å². The summed E-state index contributed by atoms with van der Waals surface area (Å²) in [5, 5.41) is 3.98. The Morgan fingerprint density at radius 1 is 1.30 bits per heavy atom. The Labute approximate surface area is 165 Å². The van der Waals surface area contributed by atoms with Crippen molar-refractivity contribution in [1.29, 1.82) is 0 Å². The molecule has 0 bridgehead atoms. The molecule has 0 atom stereocenters. The number of rotatable bonds is 8. The Kier molecular flexibility index (Phi) is 7.55. The van der Waals surface area contributed by atoms with Gasteiger partial charge in [-0.25, -0.2) is 4.79 Å². The minimum absolute atomic E-state index is 0.360. The molecule has 2 aromatic rings. The highest BCUT2D eigenvalue weighted by molar-refractivity contribution is 7.80. The average molecular weight is 383 g/mol. The molecule has 1 N–H and O–H groups in total. The summed E-state index contributed by atoms with van der Waals surface area (Å²) in [7, 11) is 0. The average Bonchev–Trinajstić information content (AvgIpc) is 2.67. The van der Waals surface area contributed by atoms with Gasteiger partial charge in [0.25, 0.3) is 0 Å². The van der Waals surface area contributed by atoms with Crippen molar-refractivity contribution in [1.82, 2.24) is 5.32 Å². The number of hydrogen-bond donors (Lipinski definition) is 1. The van der Waals surface area contributed by atoms with E-state index in [0.29, 0.717) is 22.6 Å². The first kappa shape index (κ1) is 20.6. The smallest absolute Gasteiger partial charge is 0.346 e. The highest BCUT2D eigenvalue weighted by Crippen LogP contribution is 2.22. The minimum Gasteiger partial charge on any atom is -0.422 e. The summed E-state index contributed by atoms with van der Waals surface area (Å²) in [6.07, 6.45) is 8.16. The molecule has 0 saturated carbocycles. The first-order chi connectivity index (χ1) is 13.0. The molecule has 0 saturated heterocycles. The lowest BCUT2D eigenvalue weighted by molar-refractivity contribution is 0.559. The van der Waals surface area contributed by atoms with Crippen molar-refractivity contribution in [2.24, 2.45) is 0 Å². The number of thiocarbonyl (C=S) groups is 1. The standard InChI is InChI=1S/C22H26N2O2S/c1-5-9-10-11-17(6-2)23-21(27)19-14-16-12-13-18(24(7-3)8-4)15-20(16)26-22(19)25/h5-6,9-10,12-15H,1,7-8,11H2,2-4H3,(H,23,27)/b10-9-,17-6+. The van der Waals surface area contributed by atoms with Gasteiger partial charge >= 0.3 is 5.63 Å². The van der Waals surface area contributed by atoms with Gasteiger partial charge in [0.15, 0.2) is 0 Å². The second-order valence-corrected chi connectivity index (χ2v) is 6.39. The van der Waals surface area contributed by atoms with Gasteiger partial charge < -0.3 is 14.6 Å². The fourth-order valence-corrected chi connectivity index (χ4v) is 3.06. The summed E-state index contributed by atoms with van der Waals surface area (Å²) in [5.74, 6) is 0. The second-order valence-electron chi connectivity index (χ2n) is 5.98. The highest BCUT2D eigenvalue weighted by Gasteiger charge is 2.12. The van der Waals surface area contributed by atoms with E-state index >= 15 is 0 Å². The SMILES string of the molecule is C=C/C=C\C/C(=C\C)NC(=S)c1cc2ccc(N(CC)CC)cc2oc1=O. The summed E-state index contributed by atoms with van der Waals surface area (Å²) >= 11 is 5.43. The van der Waals surface area contributed by atoms with Gasteiger partial charge in [0, 0.05) is 42.3 Å². The minimum atomic E-state index is -0.436. The zero-order valence-corrected chi connectivity index (χ0v) is 16.9. The van der Waals surface area contributed by atoms with Crippen molar-refractivity contribution < 1.29 is 4.42 Å². The van der Waals surface area contributed by atoms with Crippen LogP contribution in [0.3, 0.4) is 0 Å². The molecule has 0 radical (unpaired) electrons. The van der Waals surface area contributed by atoms with E-state index in [0.717, 1.165) is 29.9 Å². The number of benzene rings is 1. The number of nitrogens with one attached hydrogen (secondary N) is 1. The largest absolute Gasteiger partial charge is 0.422 e. The van der Waals surface area contributed by atoms with Crippen LogP contribution in [-0.2, 0) is 0 Å². The van der Waals surface area contributed by atoms with Gasteiger partial charge in [0.2, 0.25) is 0 Å². The lowest BCUT2D eigenvalue weighted by atomic mass is 10.1. The molecule has 4 nitrogen and oxygen atoms in total. The number of hydrogen-bond acceptors (Lipinski definition) is 4. The van der Waals surface area contributed by atoms with Crippen LogP contribution in [0.25, 0.3) is 11.0 Å². The zero-order chi connectivity index (χ0) is 19.8. The molecule has 0 amide bonds. The van der Waals surface area contributed by atoms with E-state index in [1.54, 1.807) is 12.1 Å². The van der Waals surface area contributed by atoms with Crippen LogP contribution in [0.15, 0.2) is 70.1 Å². The molecular weight excluding hydrogens is 356 g/mol. The van der Waals surface area contributed by atoms with E-state index in [2.05, 4.69) is 30.6 Å². The first-order valence-electron chi connectivity index (χ1n) is 9.10. The summed E-state index contributed by atoms with van der Waals surface area (Å²) in [6, 6.07) is 7.69. The third-order valence-electron chi connectivity index (χ3n) is 4.33. The highest BCUT2D eigenvalue weighted by atomic mass is 32.1. The molecule has 1 heterocycles. The maximum Gasteiger partial charge on any atom is 0.346 e. The van der Waals surface area contributed by atoms with Crippen LogP contribution in [0, 0.1) is 0 Å². The summed E-state index contributed by atoms with van der Waals surface area (Å²) < 4.78 is 5.55. The van der Waals surface area contributed by atoms with Crippen LogP contribution in [0.1, 0.15) is 32.8 Å². The van der Waals surface area contributed by atoms with Gasteiger partial charge in [-0.1, -0.05) is 43.1 Å². The molecule has 0 aliphatic carbocycles. The van der Waals surface area contributed by atoms with Crippen LogP contribution < -0.4 is 15.8 Å². The zero-order valence-electron chi connectivity index (χ0n) is 16.1. The van der Waals surface area contributed by atoms with E-state index in [4.69, 9.17) is 16.6 Å². The Morgan fingerprint density at radius 2 is 2.04 bits per heavy atom. The molecule has 142 valence electrons. The van der Waals surface area contributed by atoms with Crippen molar-refractivity contribution in [3.63, 3.8) is 0 Å². The van der Waals surface area contributed by atoms with Gasteiger partial charge in [0.1, 0.15) is 10.6 Å². The Balaban J connectivity index is 2.31. The van der Waals surface area contributed by atoms with Gasteiger partial charge in [-0.2, -0.15) is 0 Å². The molecule has 0 spiro atoms. The van der Waals surface area contributed by atoms with Crippen LogP contribution in [0.5, 0.6) is 0 Å². The van der Waals surface area contributed by atoms with Crippen molar-refractivity contribution in [3.8, 4) is 0 Å². The van der Waals surface area contributed by atoms with E-state index in [-0.39, 0.29) is 0 Å². The summed E-state index contributed by atoms with van der Waals surface area (Å²) in [6.45, 7) is 11.6. The van der Waals surface area contributed by atoms with E-state index < -0.39 is 5.63 Å². The third kappa shape index (κ3) is 5.17. The molecule has 5 heteroatoms. The predicted octanol–water partition coefficient (Wildman–Crippen LogP) is 4.94. The third-order valence-corrected chi connectivity index (χ3v) is 4.65. The molecule has 0 unspecified atom stereocenters. The maximum absolute atomic E-state index is 12.5. The quantitative estimate of drug-likeness (QED) is 0.398. The summed E-state index contributed by atoms with van der Waals surface area (Å²) in [4.78, 5) is 15.0. The molecule has 1 aromatic carbocycles. The van der Waals surface area contributed by atoms with Crippen LogP contribution >= 0.6 is 12.2 Å². The number of fused-ring (bicyclic) bond motifs is 1. The van der Waals surface area contributed by atoms with Gasteiger partial charge in [-0.3, -0.25) is 0 Å². The molecule has 1 aromatic heterocycles. The fourth-order valence-electron chi connectivity index (χ4n) is 2.79. The first-order valence-corrected chi connectivity index (χ1v) is 9.51. The van der Waals surface area contributed by atoms with Crippen molar-refractivity contribution in [3.05, 3.63) is 76.8 Å². The Morgan fingerprint density at radius 3 is 2.67 bits per heavy atom. The Hall–Kier alpha value is -2.66. The maximum atomic E-state index is 12.5. The number of nitrogens with zero attached hydrogens (tertiary/aromatic N) is 1. The number of anilines is 1. The predicted molar refractivity (Wildman–Crippen MR) is 119 cm³/mol. The lowest BCUT2D eigenvalue weighted by Crippen LogP contribution is -2.26. The molecular formula is C22H26N2O2S. The van der Waals surface area contributed by atoms with Gasteiger partial charge in [-0.05, 0) is 39.0 Å². The lowest BCUT2D eigenvalue weighted by Gasteiger charge is -2.21. The molecule has 27 heavy (non-hydrogen) atoms. The topological polar surface area (TPSA) is 45.5 Å². The van der Waals surface area contributed by atoms with Crippen molar-refractivity contribution in [2.75, 3.05) is 18.0 Å². The van der Waals surface area contributed by atoms with Crippen LogP contribution in [0.2, 0.25) is 0 Å². The Bertz CT molecular complexity index is 937. The van der Waals surface area contributed by atoms with Gasteiger partial charge in [0.05, 0.1) is 5.56 Å². The van der Waals surface area contributed by atoms with Gasteiger partial charge in [-0.15, -0.1) is 0 Å². The molecule has 2 rings (SSSR count). The molecule has 0 aliphatic rings. The normalized spacial score (nSPS) is 11.7. The second kappa shape index (κ2) is 9.88.